The van der Waals surface area contributed by atoms with Crippen LogP contribution in [0.15, 0.2) is 10.6 Å². The third-order valence-corrected chi connectivity index (χ3v) is 3.94. The van der Waals surface area contributed by atoms with E-state index >= 15 is 0 Å². The minimum atomic E-state index is -0.446. The van der Waals surface area contributed by atoms with Crippen LogP contribution >= 0.6 is 0 Å². The van der Waals surface area contributed by atoms with E-state index in [9.17, 15) is 4.79 Å². The molecule has 1 amide bonds. The molecule has 0 bridgehead atoms. The van der Waals surface area contributed by atoms with Gasteiger partial charge in [-0.05, 0) is 53.9 Å². The van der Waals surface area contributed by atoms with Crippen LogP contribution in [-0.2, 0) is 11.3 Å². The number of amides is 1. The van der Waals surface area contributed by atoms with Gasteiger partial charge >= 0.3 is 6.09 Å². The Kier molecular flexibility index (Phi) is 5.68. The van der Waals surface area contributed by atoms with Gasteiger partial charge in [-0.3, -0.25) is 0 Å². The minimum absolute atomic E-state index is 0.195. The molecule has 1 fully saturated rings. The summed E-state index contributed by atoms with van der Waals surface area (Å²) in [6.07, 6.45) is 2.79. The number of nitrogens with one attached hydrogen (secondary N) is 1. The molecule has 1 aromatic rings. The van der Waals surface area contributed by atoms with E-state index in [1.165, 1.54) is 0 Å². The van der Waals surface area contributed by atoms with E-state index in [2.05, 4.69) is 17.4 Å². The number of hydrogen-bond acceptors (Lipinski definition) is 5. The van der Waals surface area contributed by atoms with Crippen LogP contribution in [0.4, 0.5) is 4.79 Å². The number of aryl methyl sites for hydroxylation is 1. The van der Waals surface area contributed by atoms with Crippen LogP contribution in [0.2, 0.25) is 0 Å². The van der Waals surface area contributed by atoms with Crippen molar-refractivity contribution in [2.24, 2.45) is 0 Å². The van der Waals surface area contributed by atoms with Crippen LogP contribution in [-0.4, -0.2) is 40.4 Å². The zero-order valence-electron chi connectivity index (χ0n) is 14.9. The zero-order chi connectivity index (χ0) is 17.0. The lowest BCUT2D eigenvalue weighted by Gasteiger charge is -2.30. The standard InChI is InChI=1S/C17H29N3O3/c1-12(18-11-14-10-13(2)23-19-14)9-15-7-6-8-20(15)16(21)22-17(3,4)5/h10,12,15,18H,6-9,11H2,1-5H3. The zero-order valence-corrected chi connectivity index (χ0v) is 14.9. The molecule has 23 heavy (non-hydrogen) atoms. The fraction of sp³-hybridized carbons (Fsp3) is 0.765. The van der Waals surface area contributed by atoms with Gasteiger partial charge in [-0.2, -0.15) is 0 Å². The largest absolute Gasteiger partial charge is 0.444 e. The second kappa shape index (κ2) is 7.34. The van der Waals surface area contributed by atoms with Crippen molar-refractivity contribution in [3.63, 3.8) is 0 Å². The summed E-state index contributed by atoms with van der Waals surface area (Å²) >= 11 is 0. The van der Waals surface area contributed by atoms with E-state index in [0.29, 0.717) is 12.6 Å². The molecule has 2 atom stereocenters. The molecule has 1 aliphatic rings. The summed E-state index contributed by atoms with van der Waals surface area (Å²) < 4.78 is 10.6. The highest BCUT2D eigenvalue weighted by molar-refractivity contribution is 5.68. The maximum Gasteiger partial charge on any atom is 0.410 e. The predicted octanol–water partition coefficient (Wildman–Crippen LogP) is 3.25. The van der Waals surface area contributed by atoms with Crippen LogP contribution in [0.3, 0.4) is 0 Å². The number of aromatic nitrogens is 1. The molecule has 1 saturated heterocycles. The monoisotopic (exact) mass is 323 g/mol. The van der Waals surface area contributed by atoms with Crippen molar-refractivity contribution < 1.29 is 14.1 Å². The van der Waals surface area contributed by atoms with Crippen LogP contribution in [0.5, 0.6) is 0 Å². The summed E-state index contributed by atoms with van der Waals surface area (Å²) in [5, 5.41) is 7.43. The summed E-state index contributed by atoms with van der Waals surface area (Å²) in [6, 6.07) is 2.47. The third-order valence-electron chi connectivity index (χ3n) is 3.94. The highest BCUT2D eigenvalue weighted by atomic mass is 16.6. The van der Waals surface area contributed by atoms with Crippen molar-refractivity contribution in [1.29, 1.82) is 0 Å². The molecule has 0 spiro atoms. The van der Waals surface area contributed by atoms with Gasteiger partial charge in [0.15, 0.2) is 0 Å². The predicted molar refractivity (Wildman–Crippen MR) is 88.1 cm³/mol. The normalized spacial score (nSPS) is 19.9. The molecular formula is C17H29N3O3. The van der Waals surface area contributed by atoms with E-state index in [0.717, 1.165) is 37.3 Å². The molecule has 1 N–H and O–H groups in total. The molecule has 0 aliphatic carbocycles. The number of hydrogen-bond donors (Lipinski definition) is 1. The van der Waals surface area contributed by atoms with Crippen LogP contribution in [0.1, 0.15) is 58.4 Å². The number of rotatable bonds is 5. The summed E-state index contributed by atoms with van der Waals surface area (Å²) in [7, 11) is 0. The van der Waals surface area contributed by atoms with Gasteiger partial charge in [0.25, 0.3) is 0 Å². The fourth-order valence-electron chi connectivity index (χ4n) is 2.91. The number of carbonyl (C=O) groups is 1. The third kappa shape index (κ3) is 5.53. The quantitative estimate of drug-likeness (QED) is 0.901. The summed E-state index contributed by atoms with van der Waals surface area (Å²) in [5.74, 6) is 0.821. The van der Waals surface area contributed by atoms with Crippen LogP contribution < -0.4 is 5.32 Å². The lowest BCUT2D eigenvalue weighted by Crippen LogP contribution is -2.42. The van der Waals surface area contributed by atoms with Gasteiger partial charge in [-0.1, -0.05) is 5.16 Å². The van der Waals surface area contributed by atoms with Crippen molar-refractivity contribution in [2.75, 3.05) is 6.54 Å². The summed E-state index contributed by atoms with van der Waals surface area (Å²) in [5.41, 5.74) is 0.462. The molecule has 6 heteroatoms. The average molecular weight is 323 g/mol. The Hall–Kier alpha value is -1.56. The second-order valence-electron chi connectivity index (χ2n) is 7.42. The maximum atomic E-state index is 12.3. The van der Waals surface area contributed by atoms with Crippen molar-refractivity contribution in [3.8, 4) is 0 Å². The Morgan fingerprint density at radius 1 is 1.57 bits per heavy atom. The highest BCUT2D eigenvalue weighted by Gasteiger charge is 2.32. The average Bonchev–Trinajstić information content (AvgIpc) is 3.03. The smallest absolute Gasteiger partial charge is 0.410 e. The molecule has 1 aromatic heterocycles. The van der Waals surface area contributed by atoms with Gasteiger partial charge in [0.2, 0.25) is 0 Å². The Labute approximate surface area is 138 Å². The molecule has 0 saturated carbocycles. The van der Waals surface area contributed by atoms with Gasteiger partial charge in [0.05, 0.1) is 5.69 Å². The van der Waals surface area contributed by atoms with Crippen LogP contribution in [0, 0.1) is 6.92 Å². The summed E-state index contributed by atoms with van der Waals surface area (Å²) in [4.78, 5) is 14.2. The van der Waals surface area contributed by atoms with Gasteiger partial charge in [-0.15, -0.1) is 0 Å². The first kappa shape index (κ1) is 17.8. The molecule has 2 heterocycles. The Morgan fingerprint density at radius 3 is 2.91 bits per heavy atom. The van der Waals surface area contributed by atoms with Gasteiger partial charge in [0, 0.05) is 31.2 Å². The highest BCUT2D eigenvalue weighted by Crippen LogP contribution is 2.24. The van der Waals surface area contributed by atoms with Crippen molar-refractivity contribution >= 4 is 6.09 Å². The molecule has 0 radical (unpaired) electrons. The fourth-order valence-corrected chi connectivity index (χ4v) is 2.91. The molecule has 0 aromatic carbocycles. The Morgan fingerprint density at radius 2 is 2.30 bits per heavy atom. The molecule has 6 nitrogen and oxygen atoms in total. The van der Waals surface area contributed by atoms with E-state index in [1.54, 1.807) is 0 Å². The number of nitrogens with zero attached hydrogens (tertiary/aromatic N) is 2. The lowest BCUT2D eigenvalue weighted by molar-refractivity contribution is 0.0214. The number of carbonyl (C=O) groups excluding carboxylic acids is 1. The topological polar surface area (TPSA) is 67.6 Å². The van der Waals surface area contributed by atoms with E-state index < -0.39 is 5.60 Å². The van der Waals surface area contributed by atoms with E-state index in [1.807, 2.05) is 38.7 Å². The Balaban J connectivity index is 1.81. The first-order valence-corrected chi connectivity index (χ1v) is 8.40. The number of likely N-dealkylation sites (tertiary alicyclic amines) is 1. The first-order valence-electron chi connectivity index (χ1n) is 8.40. The van der Waals surface area contributed by atoms with Gasteiger partial charge in [-0.25, -0.2) is 4.79 Å². The lowest BCUT2D eigenvalue weighted by atomic mass is 10.1. The molecule has 130 valence electrons. The maximum absolute atomic E-state index is 12.3. The number of ether oxygens (including phenoxy) is 1. The minimum Gasteiger partial charge on any atom is -0.444 e. The molecule has 2 rings (SSSR count). The van der Waals surface area contributed by atoms with Gasteiger partial charge in [0.1, 0.15) is 11.4 Å². The first-order chi connectivity index (χ1) is 10.7. The molecular weight excluding hydrogens is 294 g/mol. The van der Waals surface area contributed by atoms with Gasteiger partial charge < -0.3 is 19.5 Å². The summed E-state index contributed by atoms with van der Waals surface area (Å²) in [6.45, 7) is 11.2. The SMILES string of the molecule is Cc1cc(CNC(C)CC2CCCN2C(=O)OC(C)(C)C)no1. The van der Waals surface area contributed by atoms with E-state index in [-0.39, 0.29) is 12.1 Å². The van der Waals surface area contributed by atoms with Crippen LogP contribution in [0.25, 0.3) is 0 Å². The molecule has 2 unspecified atom stereocenters. The van der Waals surface area contributed by atoms with E-state index in [4.69, 9.17) is 9.26 Å². The van der Waals surface area contributed by atoms with Crippen molar-refractivity contribution in [2.45, 2.75) is 78.1 Å². The van der Waals surface area contributed by atoms with Crippen molar-refractivity contribution in [3.05, 3.63) is 17.5 Å². The molecule has 1 aliphatic heterocycles. The van der Waals surface area contributed by atoms with Crippen molar-refractivity contribution in [1.82, 2.24) is 15.4 Å². The second-order valence-corrected chi connectivity index (χ2v) is 7.42. The Bertz CT molecular complexity index is 521.